The minimum absolute atomic E-state index is 0. The van der Waals surface area contributed by atoms with Crippen molar-refractivity contribution in [3.8, 4) is 0 Å². The van der Waals surface area contributed by atoms with E-state index in [2.05, 4.69) is 15.2 Å². The fraction of sp³-hybridized carbons (Fsp3) is 0.714. The molecule has 0 spiro atoms. The van der Waals surface area contributed by atoms with Crippen LogP contribution in [-0.2, 0) is 14.8 Å². The number of sulfonamides is 1. The summed E-state index contributed by atoms with van der Waals surface area (Å²) in [6.07, 6.45) is 0. The molecule has 2 rings (SSSR count). The van der Waals surface area contributed by atoms with Crippen molar-refractivity contribution in [2.45, 2.75) is 57.6 Å². The normalized spacial score (nSPS) is 22.8. The Labute approximate surface area is 148 Å². The molecule has 1 aliphatic heterocycles. The van der Waals surface area contributed by atoms with Gasteiger partial charge in [-0.2, -0.15) is 4.72 Å². The van der Waals surface area contributed by atoms with Crippen molar-refractivity contribution in [2.24, 2.45) is 0 Å². The number of nitrogens with one attached hydrogen (secondary N) is 2. The molecular formula is C14H25ClN4O4S. The van der Waals surface area contributed by atoms with E-state index >= 15 is 0 Å². The highest BCUT2D eigenvalue weighted by Gasteiger charge is 2.34. The average Bonchev–Trinajstić information content (AvgIpc) is 2.80. The van der Waals surface area contributed by atoms with E-state index in [0.29, 0.717) is 13.1 Å². The van der Waals surface area contributed by atoms with Crippen LogP contribution in [-0.4, -0.2) is 55.6 Å². The van der Waals surface area contributed by atoms with Crippen molar-refractivity contribution in [1.29, 1.82) is 0 Å². The van der Waals surface area contributed by atoms with Gasteiger partial charge in [-0.1, -0.05) is 5.16 Å². The maximum Gasteiger partial charge on any atom is 0.246 e. The first-order valence-electron chi connectivity index (χ1n) is 7.64. The Morgan fingerprint density at radius 3 is 2.58 bits per heavy atom. The van der Waals surface area contributed by atoms with E-state index in [-0.39, 0.29) is 46.7 Å². The molecule has 0 aromatic carbocycles. The minimum Gasteiger partial charge on any atom is -0.360 e. The zero-order valence-corrected chi connectivity index (χ0v) is 16.1. The van der Waals surface area contributed by atoms with Crippen molar-refractivity contribution in [2.75, 3.05) is 13.1 Å². The monoisotopic (exact) mass is 380 g/mol. The van der Waals surface area contributed by atoms with Crippen LogP contribution in [0.4, 0.5) is 0 Å². The number of hydrogen-bond donors (Lipinski definition) is 2. The predicted octanol–water partition coefficient (Wildman–Crippen LogP) is 0.589. The molecule has 138 valence electrons. The molecule has 0 radical (unpaired) electrons. The second-order valence-corrected chi connectivity index (χ2v) is 7.66. The van der Waals surface area contributed by atoms with Crippen molar-refractivity contribution >= 4 is 28.3 Å². The fourth-order valence-electron chi connectivity index (χ4n) is 2.82. The molecule has 2 heterocycles. The summed E-state index contributed by atoms with van der Waals surface area (Å²) >= 11 is 0. The molecule has 1 aliphatic rings. The van der Waals surface area contributed by atoms with Gasteiger partial charge in [0.05, 0.1) is 6.04 Å². The zero-order valence-electron chi connectivity index (χ0n) is 14.5. The summed E-state index contributed by atoms with van der Waals surface area (Å²) in [6.45, 7) is 9.84. The number of rotatable bonds is 4. The highest BCUT2D eigenvalue weighted by Crippen LogP contribution is 2.19. The van der Waals surface area contributed by atoms with Crippen molar-refractivity contribution in [1.82, 2.24) is 20.1 Å². The SMILES string of the molecule is Cc1noc(C)c1S(=O)(=O)NC(C)C(=O)N1CCNC(C)C1C.Cl. The van der Waals surface area contributed by atoms with E-state index in [4.69, 9.17) is 4.52 Å². The summed E-state index contributed by atoms with van der Waals surface area (Å²) in [5, 5.41) is 6.94. The van der Waals surface area contributed by atoms with Crippen LogP contribution in [0.5, 0.6) is 0 Å². The molecule has 0 bridgehead atoms. The van der Waals surface area contributed by atoms with E-state index in [0.717, 1.165) is 0 Å². The summed E-state index contributed by atoms with van der Waals surface area (Å²) in [5.74, 6) is -0.0278. The third kappa shape index (κ3) is 4.08. The molecule has 1 aromatic heterocycles. The van der Waals surface area contributed by atoms with Gasteiger partial charge in [-0.05, 0) is 34.6 Å². The van der Waals surface area contributed by atoms with Crippen LogP contribution in [0.3, 0.4) is 0 Å². The van der Waals surface area contributed by atoms with Crippen LogP contribution in [0.15, 0.2) is 9.42 Å². The molecule has 8 nitrogen and oxygen atoms in total. The predicted molar refractivity (Wildman–Crippen MR) is 91.6 cm³/mol. The maximum absolute atomic E-state index is 12.6. The number of hydrogen-bond acceptors (Lipinski definition) is 6. The Bertz CT molecular complexity index is 671. The molecule has 1 fully saturated rings. The van der Waals surface area contributed by atoms with Gasteiger partial charge in [-0.3, -0.25) is 4.79 Å². The van der Waals surface area contributed by atoms with Gasteiger partial charge in [0.1, 0.15) is 10.6 Å². The van der Waals surface area contributed by atoms with Crippen LogP contribution < -0.4 is 10.0 Å². The molecule has 1 amide bonds. The third-order valence-electron chi connectivity index (χ3n) is 4.26. The maximum atomic E-state index is 12.6. The van der Waals surface area contributed by atoms with Crippen LogP contribution in [0.1, 0.15) is 32.2 Å². The average molecular weight is 381 g/mol. The first-order valence-corrected chi connectivity index (χ1v) is 9.12. The molecule has 24 heavy (non-hydrogen) atoms. The summed E-state index contributed by atoms with van der Waals surface area (Å²) in [7, 11) is -3.86. The number of carbonyl (C=O) groups excluding carboxylic acids is 1. The Morgan fingerprint density at radius 2 is 2.04 bits per heavy atom. The van der Waals surface area contributed by atoms with E-state index in [9.17, 15) is 13.2 Å². The lowest BCUT2D eigenvalue weighted by Gasteiger charge is -2.39. The molecule has 0 saturated carbocycles. The summed E-state index contributed by atoms with van der Waals surface area (Å²) in [6, 6.07) is -0.692. The highest BCUT2D eigenvalue weighted by atomic mass is 35.5. The van der Waals surface area contributed by atoms with Gasteiger partial charge in [0.2, 0.25) is 15.9 Å². The number of halogens is 1. The number of amides is 1. The number of carbonyl (C=O) groups is 1. The van der Waals surface area contributed by atoms with Gasteiger partial charge in [0.15, 0.2) is 5.76 Å². The Balaban J connectivity index is 0.00000288. The van der Waals surface area contributed by atoms with Gasteiger partial charge in [0, 0.05) is 25.2 Å². The van der Waals surface area contributed by atoms with Crippen LogP contribution in [0, 0.1) is 13.8 Å². The zero-order chi connectivity index (χ0) is 17.4. The molecule has 3 unspecified atom stereocenters. The van der Waals surface area contributed by atoms with Gasteiger partial charge in [-0.25, -0.2) is 8.42 Å². The van der Waals surface area contributed by atoms with Gasteiger partial charge < -0.3 is 14.7 Å². The standard InChI is InChI=1S/C14H24N4O4S.ClH/c1-8-11(4)18(7-6-15-8)14(19)10(3)17-23(20,21)13-9(2)16-22-12(13)5;/h8,10-11,15,17H,6-7H2,1-5H3;1H. The lowest BCUT2D eigenvalue weighted by molar-refractivity contribution is -0.136. The fourth-order valence-corrected chi connectivity index (χ4v) is 4.34. The molecule has 1 saturated heterocycles. The molecule has 10 heteroatoms. The highest BCUT2D eigenvalue weighted by molar-refractivity contribution is 7.89. The number of nitrogens with zero attached hydrogens (tertiary/aromatic N) is 2. The van der Waals surface area contributed by atoms with Gasteiger partial charge in [-0.15, -0.1) is 12.4 Å². The lowest BCUT2D eigenvalue weighted by Crippen LogP contribution is -2.60. The Hall–Kier alpha value is -1.16. The largest absolute Gasteiger partial charge is 0.360 e. The summed E-state index contributed by atoms with van der Waals surface area (Å²) in [4.78, 5) is 14.3. The summed E-state index contributed by atoms with van der Waals surface area (Å²) < 4.78 is 32.3. The Morgan fingerprint density at radius 1 is 1.42 bits per heavy atom. The number of piperazine rings is 1. The first-order chi connectivity index (χ1) is 10.6. The smallest absolute Gasteiger partial charge is 0.246 e. The molecule has 2 N–H and O–H groups in total. The quantitative estimate of drug-likeness (QED) is 0.792. The lowest BCUT2D eigenvalue weighted by atomic mass is 10.1. The van der Waals surface area contributed by atoms with E-state index in [1.165, 1.54) is 6.92 Å². The van der Waals surface area contributed by atoms with Gasteiger partial charge in [0.25, 0.3) is 0 Å². The number of aryl methyl sites for hydroxylation is 2. The second kappa shape index (κ2) is 7.81. The summed E-state index contributed by atoms with van der Waals surface area (Å²) in [5.41, 5.74) is 0.277. The minimum atomic E-state index is -3.86. The van der Waals surface area contributed by atoms with Gasteiger partial charge >= 0.3 is 0 Å². The molecule has 3 atom stereocenters. The topological polar surface area (TPSA) is 105 Å². The van der Waals surface area contributed by atoms with Crippen molar-refractivity contribution in [3.63, 3.8) is 0 Å². The van der Waals surface area contributed by atoms with Crippen LogP contribution in [0.2, 0.25) is 0 Å². The third-order valence-corrected chi connectivity index (χ3v) is 6.04. The molecule has 0 aliphatic carbocycles. The van der Waals surface area contributed by atoms with Crippen molar-refractivity contribution in [3.05, 3.63) is 11.5 Å². The van der Waals surface area contributed by atoms with E-state index in [1.807, 2.05) is 13.8 Å². The number of aromatic nitrogens is 1. The van der Waals surface area contributed by atoms with E-state index < -0.39 is 16.1 Å². The van der Waals surface area contributed by atoms with Crippen LogP contribution >= 0.6 is 12.4 Å². The van der Waals surface area contributed by atoms with Crippen molar-refractivity contribution < 1.29 is 17.7 Å². The first kappa shape index (κ1) is 20.9. The second-order valence-electron chi connectivity index (χ2n) is 6.01. The Kier molecular flexibility index (Phi) is 6.80. The molecular weight excluding hydrogens is 356 g/mol. The van der Waals surface area contributed by atoms with Crippen LogP contribution in [0.25, 0.3) is 0 Å². The van der Waals surface area contributed by atoms with E-state index in [1.54, 1.807) is 18.7 Å². The molecule has 1 aromatic rings.